The van der Waals surface area contributed by atoms with E-state index in [-0.39, 0.29) is 11.7 Å². The highest BCUT2D eigenvalue weighted by Crippen LogP contribution is 2.29. The Kier molecular flexibility index (Phi) is 5.91. The molecule has 0 atom stereocenters. The Morgan fingerprint density at radius 2 is 2.04 bits per heavy atom. The molecule has 0 bridgehead atoms. The Hall–Kier alpha value is -1.66. The molecule has 1 aromatic rings. The number of rotatable bonds is 5. The fourth-order valence-corrected chi connectivity index (χ4v) is 3.90. The van der Waals surface area contributed by atoms with E-state index in [4.69, 9.17) is 4.74 Å². The van der Waals surface area contributed by atoms with Gasteiger partial charge in [0.05, 0.1) is 0 Å². The molecule has 2 aliphatic heterocycles. The van der Waals surface area contributed by atoms with Crippen LogP contribution < -0.4 is 10.6 Å². The number of piperidine rings is 1. The maximum atomic E-state index is 13.5. The first-order valence-electron chi connectivity index (χ1n) is 9.17. The van der Waals surface area contributed by atoms with Gasteiger partial charge in [0.15, 0.2) is 0 Å². The number of hydrogen-bond acceptors (Lipinski definition) is 4. The normalized spacial score (nSPS) is 21.7. The summed E-state index contributed by atoms with van der Waals surface area (Å²) in [5.74, 6) is 0.369. The maximum Gasteiger partial charge on any atom is 0.245 e. The Bertz CT molecular complexity index is 582. The Morgan fingerprint density at radius 3 is 2.68 bits per heavy atom. The van der Waals surface area contributed by atoms with Crippen molar-refractivity contribution in [2.24, 2.45) is 5.92 Å². The molecule has 0 saturated carbocycles. The van der Waals surface area contributed by atoms with Crippen molar-refractivity contribution in [3.8, 4) is 0 Å². The maximum absolute atomic E-state index is 13.5. The third-order valence-corrected chi connectivity index (χ3v) is 5.44. The molecule has 2 aliphatic rings. The average Bonchev–Trinajstić information content (AvgIpc) is 2.64. The van der Waals surface area contributed by atoms with Crippen LogP contribution in [0.15, 0.2) is 24.3 Å². The van der Waals surface area contributed by atoms with Gasteiger partial charge in [0.1, 0.15) is 11.4 Å². The van der Waals surface area contributed by atoms with Crippen LogP contribution in [0.1, 0.15) is 25.7 Å². The average molecular weight is 349 g/mol. The monoisotopic (exact) mass is 349 g/mol. The molecule has 2 N–H and O–H groups in total. The predicted molar refractivity (Wildman–Crippen MR) is 96.0 cm³/mol. The minimum absolute atomic E-state index is 0.0255. The molecule has 3 rings (SSSR count). The third kappa shape index (κ3) is 4.50. The zero-order chi connectivity index (χ0) is 17.7. The molecule has 2 fully saturated rings. The highest BCUT2D eigenvalue weighted by molar-refractivity contribution is 5.89. The second kappa shape index (κ2) is 8.15. The number of nitrogens with one attached hydrogen (secondary N) is 2. The summed E-state index contributed by atoms with van der Waals surface area (Å²) in [5, 5.41) is 6.09. The van der Waals surface area contributed by atoms with Crippen molar-refractivity contribution in [3.05, 3.63) is 30.1 Å². The van der Waals surface area contributed by atoms with Crippen molar-refractivity contribution in [2.75, 3.05) is 45.2 Å². The molecule has 2 heterocycles. The smallest absolute Gasteiger partial charge is 0.245 e. The molecule has 0 spiro atoms. The van der Waals surface area contributed by atoms with Crippen LogP contribution in [0, 0.1) is 11.7 Å². The number of likely N-dealkylation sites (N-methyl/N-ethyl adjacent to an activating group) is 1. The Labute approximate surface area is 148 Å². The molecule has 5 nitrogen and oxygen atoms in total. The third-order valence-electron chi connectivity index (χ3n) is 5.44. The zero-order valence-corrected chi connectivity index (χ0v) is 14.9. The highest BCUT2D eigenvalue weighted by Gasteiger charge is 2.41. The molecule has 25 heavy (non-hydrogen) atoms. The summed E-state index contributed by atoms with van der Waals surface area (Å²) in [4.78, 5) is 15.0. The number of carbonyl (C=O) groups is 1. The summed E-state index contributed by atoms with van der Waals surface area (Å²) in [6.45, 7) is 4.54. The molecule has 1 aromatic carbocycles. The first-order valence-corrected chi connectivity index (χ1v) is 9.17. The number of hydrogen-bond donors (Lipinski definition) is 2. The van der Waals surface area contributed by atoms with Crippen LogP contribution in [0.2, 0.25) is 0 Å². The summed E-state index contributed by atoms with van der Waals surface area (Å²) >= 11 is 0. The lowest BCUT2D eigenvalue weighted by atomic mass is 9.85. The van der Waals surface area contributed by atoms with E-state index >= 15 is 0 Å². The van der Waals surface area contributed by atoms with Gasteiger partial charge in [-0.15, -0.1) is 0 Å². The van der Waals surface area contributed by atoms with Gasteiger partial charge in [-0.3, -0.25) is 4.79 Å². The van der Waals surface area contributed by atoms with E-state index in [9.17, 15) is 9.18 Å². The predicted octanol–water partition coefficient (Wildman–Crippen LogP) is 2.24. The molecule has 0 aliphatic carbocycles. The molecule has 2 saturated heterocycles. The fraction of sp³-hybridized carbons (Fsp3) is 0.632. The molecule has 0 aromatic heterocycles. The number of nitrogens with zero attached hydrogens (tertiary/aromatic N) is 1. The first kappa shape index (κ1) is 18.1. The van der Waals surface area contributed by atoms with Crippen molar-refractivity contribution in [1.29, 1.82) is 0 Å². The Balaban J connectivity index is 1.63. The summed E-state index contributed by atoms with van der Waals surface area (Å²) in [6.07, 6.45) is 3.68. The van der Waals surface area contributed by atoms with Crippen molar-refractivity contribution in [3.63, 3.8) is 0 Å². The van der Waals surface area contributed by atoms with Crippen molar-refractivity contribution in [1.82, 2.24) is 10.2 Å². The lowest BCUT2D eigenvalue weighted by Crippen LogP contribution is -2.58. The number of anilines is 1. The van der Waals surface area contributed by atoms with Gasteiger partial charge < -0.3 is 20.3 Å². The lowest BCUT2D eigenvalue weighted by molar-refractivity contribution is -0.126. The van der Waals surface area contributed by atoms with E-state index in [1.54, 1.807) is 13.1 Å². The lowest BCUT2D eigenvalue weighted by Gasteiger charge is -2.42. The fourth-order valence-electron chi connectivity index (χ4n) is 3.90. The Morgan fingerprint density at radius 1 is 1.32 bits per heavy atom. The number of carbonyl (C=O) groups excluding carboxylic acids is 1. The van der Waals surface area contributed by atoms with E-state index in [2.05, 4.69) is 15.5 Å². The molecule has 1 amide bonds. The van der Waals surface area contributed by atoms with Gasteiger partial charge in [-0.05, 0) is 49.8 Å². The van der Waals surface area contributed by atoms with Gasteiger partial charge in [0.25, 0.3) is 0 Å². The van der Waals surface area contributed by atoms with Gasteiger partial charge in [-0.2, -0.15) is 0 Å². The number of ether oxygens (including phenoxy) is 1. The van der Waals surface area contributed by atoms with Crippen molar-refractivity contribution in [2.45, 2.75) is 31.2 Å². The van der Waals surface area contributed by atoms with Crippen LogP contribution in [0.4, 0.5) is 10.1 Å². The van der Waals surface area contributed by atoms with E-state index in [0.717, 1.165) is 45.7 Å². The second-order valence-electron chi connectivity index (χ2n) is 7.15. The number of halogens is 1. The molecular formula is C19H28FN3O2. The van der Waals surface area contributed by atoms with Crippen molar-refractivity contribution < 1.29 is 13.9 Å². The second-order valence-corrected chi connectivity index (χ2v) is 7.15. The number of amides is 1. The largest absolute Gasteiger partial charge is 0.381 e. The molecule has 0 radical (unpaired) electrons. The van der Waals surface area contributed by atoms with E-state index in [1.807, 2.05) is 6.07 Å². The minimum atomic E-state index is -0.672. The topological polar surface area (TPSA) is 53.6 Å². The van der Waals surface area contributed by atoms with Gasteiger partial charge in [0, 0.05) is 45.6 Å². The zero-order valence-electron chi connectivity index (χ0n) is 14.9. The summed E-state index contributed by atoms with van der Waals surface area (Å²) in [5.41, 5.74) is -0.0178. The van der Waals surface area contributed by atoms with E-state index in [1.165, 1.54) is 12.1 Å². The molecule has 138 valence electrons. The quantitative estimate of drug-likeness (QED) is 0.856. The highest BCUT2D eigenvalue weighted by atomic mass is 19.1. The molecule has 0 unspecified atom stereocenters. The molecular weight excluding hydrogens is 321 g/mol. The summed E-state index contributed by atoms with van der Waals surface area (Å²) in [6, 6.07) is 6.32. The standard InChI is InChI=1S/C19H28FN3O2/c1-21-18(24)19(22-17-4-2-3-16(20)13-17)7-9-23(10-8-19)14-15-5-11-25-12-6-15/h2-4,13,15,22H,5-12,14H2,1H3,(H,21,24). The first-order chi connectivity index (χ1) is 12.1. The van der Waals surface area contributed by atoms with Crippen LogP contribution >= 0.6 is 0 Å². The van der Waals surface area contributed by atoms with Gasteiger partial charge >= 0.3 is 0 Å². The van der Waals surface area contributed by atoms with Gasteiger partial charge in [0.2, 0.25) is 5.91 Å². The number of likely N-dealkylation sites (tertiary alicyclic amines) is 1. The van der Waals surface area contributed by atoms with Gasteiger partial charge in [-0.25, -0.2) is 4.39 Å². The van der Waals surface area contributed by atoms with Crippen LogP contribution in [-0.4, -0.2) is 56.2 Å². The van der Waals surface area contributed by atoms with Crippen LogP contribution in [-0.2, 0) is 9.53 Å². The van der Waals surface area contributed by atoms with Crippen LogP contribution in [0.5, 0.6) is 0 Å². The van der Waals surface area contributed by atoms with Crippen LogP contribution in [0.25, 0.3) is 0 Å². The van der Waals surface area contributed by atoms with Crippen molar-refractivity contribution >= 4 is 11.6 Å². The van der Waals surface area contributed by atoms with Gasteiger partial charge in [-0.1, -0.05) is 6.07 Å². The molecule has 6 heteroatoms. The summed E-state index contributed by atoms with van der Waals surface area (Å²) in [7, 11) is 1.66. The number of benzene rings is 1. The summed E-state index contributed by atoms with van der Waals surface area (Å²) < 4.78 is 18.9. The SMILES string of the molecule is CNC(=O)C1(Nc2cccc(F)c2)CCN(CC2CCOCC2)CC1. The van der Waals surface area contributed by atoms with Crippen LogP contribution in [0.3, 0.4) is 0 Å². The van der Waals surface area contributed by atoms with E-state index in [0.29, 0.717) is 24.4 Å². The minimum Gasteiger partial charge on any atom is -0.381 e. The van der Waals surface area contributed by atoms with E-state index < -0.39 is 5.54 Å².